The first kappa shape index (κ1) is 19.9. The average molecular weight is 403 g/mol. The van der Waals surface area contributed by atoms with E-state index >= 15 is 0 Å². The van der Waals surface area contributed by atoms with Gasteiger partial charge in [-0.3, -0.25) is 10.1 Å². The molecule has 0 atom stereocenters. The Morgan fingerprint density at radius 2 is 1.96 bits per heavy atom. The maximum Gasteiger partial charge on any atom is 0.257 e. The van der Waals surface area contributed by atoms with Crippen molar-refractivity contribution in [2.24, 2.45) is 0 Å². The Hall–Kier alpha value is -2.84. The molecule has 1 N–H and O–H groups in total. The molecule has 1 amide bonds. The number of para-hydroxylation sites is 1. The van der Waals surface area contributed by atoms with Crippen LogP contribution in [0.3, 0.4) is 0 Å². The number of thiazole rings is 1. The Bertz CT molecular complexity index is 976. The topological polar surface area (TPSA) is 54.5 Å². The van der Waals surface area contributed by atoms with E-state index in [9.17, 15) is 13.6 Å². The summed E-state index contributed by atoms with van der Waals surface area (Å²) >= 11 is 1.24. The predicted octanol–water partition coefficient (Wildman–Crippen LogP) is 4.28. The molecule has 0 aliphatic heterocycles. The molecule has 1 heterocycles. The SMILES string of the molecule is CN(C)CCOc1ccccc1-c1csc(NC(=O)c2ccc(F)c(F)c2)n1. The quantitative estimate of drug-likeness (QED) is 0.640. The summed E-state index contributed by atoms with van der Waals surface area (Å²) in [7, 11) is 3.94. The fourth-order valence-electron chi connectivity index (χ4n) is 2.40. The number of hydrogen-bond donors (Lipinski definition) is 1. The summed E-state index contributed by atoms with van der Waals surface area (Å²) < 4.78 is 32.2. The molecule has 3 aromatic rings. The van der Waals surface area contributed by atoms with Crippen molar-refractivity contribution >= 4 is 22.4 Å². The highest BCUT2D eigenvalue weighted by Gasteiger charge is 2.14. The number of carbonyl (C=O) groups is 1. The summed E-state index contributed by atoms with van der Waals surface area (Å²) in [4.78, 5) is 18.7. The van der Waals surface area contributed by atoms with E-state index in [1.54, 1.807) is 5.38 Å². The highest BCUT2D eigenvalue weighted by Crippen LogP contribution is 2.32. The Labute approximate surface area is 165 Å². The number of benzene rings is 2. The summed E-state index contributed by atoms with van der Waals surface area (Å²) in [6.07, 6.45) is 0. The standard InChI is InChI=1S/C20H19F2N3O2S/c1-25(2)9-10-27-18-6-4-3-5-14(18)17-12-28-20(23-17)24-19(26)13-7-8-15(21)16(22)11-13/h3-8,11-12H,9-10H2,1-2H3,(H,23,24,26). The second-order valence-electron chi connectivity index (χ2n) is 6.27. The third kappa shape index (κ3) is 4.90. The lowest BCUT2D eigenvalue weighted by Gasteiger charge is -2.13. The number of hydrogen-bond acceptors (Lipinski definition) is 5. The van der Waals surface area contributed by atoms with Crippen LogP contribution in [-0.2, 0) is 0 Å². The lowest BCUT2D eigenvalue weighted by atomic mass is 10.1. The van der Waals surface area contributed by atoms with Crippen molar-refractivity contribution in [2.75, 3.05) is 32.6 Å². The molecule has 5 nitrogen and oxygen atoms in total. The third-order valence-corrected chi connectivity index (χ3v) is 4.62. The van der Waals surface area contributed by atoms with Crippen molar-refractivity contribution in [1.82, 2.24) is 9.88 Å². The Morgan fingerprint density at radius 1 is 1.18 bits per heavy atom. The maximum atomic E-state index is 13.3. The Balaban J connectivity index is 1.73. The lowest BCUT2D eigenvalue weighted by Crippen LogP contribution is -2.19. The van der Waals surface area contributed by atoms with Crippen LogP contribution < -0.4 is 10.1 Å². The molecule has 0 unspecified atom stereocenters. The van der Waals surface area contributed by atoms with Crippen LogP contribution in [0.2, 0.25) is 0 Å². The first-order valence-electron chi connectivity index (χ1n) is 8.53. The van der Waals surface area contributed by atoms with E-state index in [0.29, 0.717) is 23.2 Å². The van der Waals surface area contributed by atoms with Crippen LogP contribution in [0, 0.1) is 11.6 Å². The van der Waals surface area contributed by atoms with Gasteiger partial charge in [0, 0.05) is 23.1 Å². The van der Waals surface area contributed by atoms with Crippen molar-refractivity contribution in [1.29, 1.82) is 0 Å². The second kappa shape index (κ2) is 8.90. The fourth-order valence-corrected chi connectivity index (χ4v) is 3.11. The minimum absolute atomic E-state index is 0.0167. The van der Waals surface area contributed by atoms with E-state index in [-0.39, 0.29) is 5.56 Å². The van der Waals surface area contributed by atoms with Gasteiger partial charge >= 0.3 is 0 Å². The molecule has 0 aliphatic rings. The number of carbonyl (C=O) groups excluding carboxylic acids is 1. The molecule has 0 bridgehead atoms. The van der Waals surface area contributed by atoms with Crippen molar-refractivity contribution in [3.63, 3.8) is 0 Å². The Morgan fingerprint density at radius 3 is 2.71 bits per heavy atom. The number of halogens is 2. The van der Waals surface area contributed by atoms with Crippen molar-refractivity contribution < 1.29 is 18.3 Å². The summed E-state index contributed by atoms with van der Waals surface area (Å²) in [5.41, 5.74) is 1.49. The molecule has 0 spiro atoms. The summed E-state index contributed by atoms with van der Waals surface area (Å²) in [6.45, 7) is 1.31. The van der Waals surface area contributed by atoms with Crippen LogP contribution in [0.5, 0.6) is 5.75 Å². The minimum Gasteiger partial charge on any atom is -0.492 e. The number of rotatable bonds is 7. The highest BCUT2D eigenvalue weighted by atomic mass is 32.1. The first-order valence-corrected chi connectivity index (χ1v) is 9.41. The molecule has 1 aromatic heterocycles. The van der Waals surface area contributed by atoms with Gasteiger partial charge in [0.25, 0.3) is 5.91 Å². The molecule has 0 saturated heterocycles. The fraction of sp³-hybridized carbons (Fsp3) is 0.200. The zero-order valence-corrected chi connectivity index (χ0v) is 16.2. The van der Waals surface area contributed by atoms with Gasteiger partial charge < -0.3 is 9.64 Å². The number of likely N-dealkylation sites (N-methyl/N-ethyl adjacent to an activating group) is 1. The summed E-state index contributed by atoms with van der Waals surface area (Å²) in [6, 6.07) is 10.5. The second-order valence-corrected chi connectivity index (χ2v) is 7.13. The molecule has 0 saturated carbocycles. The van der Waals surface area contributed by atoms with E-state index < -0.39 is 17.5 Å². The van der Waals surface area contributed by atoms with E-state index in [2.05, 4.69) is 10.3 Å². The highest BCUT2D eigenvalue weighted by molar-refractivity contribution is 7.14. The number of amides is 1. The van der Waals surface area contributed by atoms with Crippen LogP contribution in [0.4, 0.5) is 13.9 Å². The van der Waals surface area contributed by atoms with Crippen LogP contribution in [0.15, 0.2) is 47.8 Å². The van der Waals surface area contributed by atoms with E-state index in [1.807, 2.05) is 43.3 Å². The number of aromatic nitrogens is 1. The van der Waals surface area contributed by atoms with Crippen LogP contribution in [-0.4, -0.2) is 43.0 Å². The van der Waals surface area contributed by atoms with Gasteiger partial charge in [0.15, 0.2) is 16.8 Å². The van der Waals surface area contributed by atoms with Crippen molar-refractivity contribution in [3.8, 4) is 17.0 Å². The van der Waals surface area contributed by atoms with Gasteiger partial charge in [0.1, 0.15) is 12.4 Å². The van der Waals surface area contributed by atoms with Crippen LogP contribution >= 0.6 is 11.3 Å². The number of nitrogens with one attached hydrogen (secondary N) is 1. The Kier molecular flexibility index (Phi) is 6.33. The largest absolute Gasteiger partial charge is 0.492 e. The monoisotopic (exact) mass is 403 g/mol. The van der Waals surface area contributed by atoms with Crippen molar-refractivity contribution in [3.05, 3.63) is 65.0 Å². The van der Waals surface area contributed by atoms with E-state index in [1.165, 1.54) is 17.4 Å². The zero-order valence-electron chi connectivity index (χ0n) is 15.4. The molecule has 0 fully saturated rings. The van der Waals surface area contributed by atoms with Crippen LogP contribution in [0.25, 0.3) is 11.3 Å². The normalized spacial score (nSPS) is 10.9. The molecule has 0 aliphatic carbocycles. The third-order valence-electron chi connectivity index (χ3n) is 3.87. The predicted molar refractivity (Wildman–Crippen MR) is 106 cm³/mol. The average Bonchev–Trinajstić information content (AvgIpc) is 3.12. The van der Waals surface area contributed by atoms with Gasteiger partial charge in [-0.05, 0) is 44.4 Å². The van der Waals surface area contributed by atoms with Gasteiger partial charge in [-0.2, -0.15) is 0 Å². The minimum atomic E-state index is -1.07. The molecule has 0 radical (unpaired) electrons. The first-order chi connectivity index (χ1) is 13.4. The molecule has 2 aromatic carbocycles. The van der Waals surface area contributed by atoms with Gasteiger partial charge in [0.2, 0.25) is 0 Å². The molecular weight excluding hydrogens is 384 g/mol. The van der Waals surface area contributed by atoms with Gasteiger partial charge in [-0.1, -0.05) is 12.1 Å². The van der Waals surface area contributed by atoms with Gasteiger partial charge in [-0.15, -0.1) is 11.3 Å². The van der Waals surface area contributed by atoms with E-state index in [4.69, 9.17) is 4.74 Å². The molecule has 146 valence electrons. The molecule has 28 heavy (non-hydrogen) atoms. The molecule has 3 rings (SSSR count). The summed E-state index contributed by atoms with van der Waals surface area (Å²) in [5.74, 6) is -1.93. The summed E-state index contributed by atoms with van der Waals surface area (Å²) in [5, 5.41) is 4.76. The zero-order chi connectivity index (χ0) is 20.1. The number of ether oxygens (including phenoxy) is 1. The van der Waals surface area contributed by atoms with Crippen molar-refractivity contribution in [2.45, 2.75) is 0 Å². The number of anilines is 1. The molecular formula is C20H19F2N3O2S. The van der Waals surface area contributed by atoms with Crippen LogP contribution in [0.1, 0.15) is 10.4 Å². The van der Waals surface area contributed by atoms with Gasteiger partial charge in [-0.25, -0.2) is 13.8 Å². The molecule has 8 heteroatoms. The van der Waals surface area contributed by atoms with E-state index in [0.717, 1.165) is 24.2 Å². The van der Waals surface area contributed by atoms with Gasteiger partial charge in [0.05, 0.1) is 5.69 Å². The lowest BCUT2D eigenvalue weighted by molar-refractivity contribution is 0.102. The number of nitrogens with zero attached hydrogens (tertiary/aromatic N) is 2. The maximum absolute atomic E-state index is 13.3. The smallest absolute Gasteiger partial charge is 0.257 e.